The highest BCUT2D eigenvalue weighted by Crippen LogP contribution is 2.44. The fourth-order valence-corrected chi connectivity index (χ4v) is 5.56. The molecular formula is C22H27NO6S. The van der Waals surface area contributed by atoms with E-state index in [0.717, 1.165) is 11.1 Å². The first kappa shape index (κ1) is 22.1. The van der Waals surface area contributed by atoms with Crippen molar-refractivity contribution >= 4 is 16.0 Å². The van der Waals surface area contributed by atoms with Crippen molar-refractivity contribution in [3.05, 3.63) is 53.1 Å². The Balaban J connectivity index is 2.22. The van der Waals surface area contributed by atoms with Gasteiger partial charge in [-0.05, 0) is 62.6 Å². The third kappa shape index (κ3) is 3.54. The minimum absolute atomic E-state index is 0.132. The molecule has 1 aliphatic heterocycles. The fourth-order valence-electron chi connectivity index (χ4n) is 3.84. The summed E-state index contributed by atoms with van der Waals surface area (Å²) in [5.74, 6) is 0.313. The summed E-state index contributed by atoms with van der Waals surface area (Å²) in [5, 5.41) is 0. The van der Waals surface area contributed by atoms with E-state index in [2.05, 4.69) is 0 Å². The van der Waals surface area contributed by atoms with Crippen LogP contribution in [0.4, 0.5) is 0 Å². The van der Waals surface area contributed by atoms with Gasteiger partial charge in [0.1, 0.15) is 0 Å². The molecule has 1 heterocycles. The van der Waals surface area contributed by atoms with Crippen LogP contribution in [0.2, 0.25) is 0 Å². The van der Waals surface area contributed by atoms with Gasteiger partial charge in [0.2, 0.25) is 10.0 Å². The van der Waals surface area contributed by atoms with Gasteiger partial charge in [0, 0.05) is 6.54 Å². The van der Waals surface area contributed by atoms with Crippen molar-refractivity contribution in [2.75, 3.05) is 27.4 Å². The maximum absolute atomic E-state index is 13.6. The van der Waals surface area contributed by atoms with Crippen molar-refractivity contribution in [2.45, 2.75) is 37.6 Å². The second-order valence-electron chi connectivity index (χ2n) is 7.30. The molecule has 3 rings (SSSR count). The summed E-state index contributed by atoms with van der Waals surface area (Å²) in [5.41, 5.74) is 0.745. The number of esters is 1. The van der Waals surface area contributed by atoms with E-state index in [-0.39, 0.29) is 18.0 Å². The highest BCUT2D eigenvalue weighted by Gasteiger charge is 2.52. The smallest absolute Gasteiger partial charge is 0.331 e. The summed E-state index contributed by atoms with van der Waals surface area (Å²) >= 11 is 0. The van der Waals surface area contributed by atoms with Gasteiger partial charge in [-0.3, -0.25) is 0 Å². The van der Waals surface area contributed by atoms with Gasteiger partial charge in [-0.1, -0.05) is 17.7 Å². The molecule has 0 saturated heterocycles. The van der Waals surface area contributed by atoms with Crippen LogP contribution in [0.3, 0.4) is 0 Å². The van der Waals surface area contributed by atoms with Gasteiger partial charge in [0.05, 0.1) is 25.7 Å². The lowest BCUT2D eigenvalue weighted by Crippen LogP contribution is -2.56. The molecule has 30 heavy (non-hydrogen) atoms. The van der Waals surface area contributed by atoms with Crippen LogP contribution in [0, 0.1) is 6.92 Å². The van der Waals surface area contributed by atoms with Gasteiger partial charge in [0.15, 0.2) is 17.0 Å². The summed E-state index contributed by atoms with van der Waals surface area (Å²) in [6, 6.07) is 10.0. The van der Waals surface area contributed by atoms with E-state index >= 15 is 0 Å². The highest BCUT2D eigenvalue weighted by molar-refractivity contribution is 7.89. The van der Waals surface area contributed by atoms with Gasteiger partial charge in [-0.25, -0.2) is 13.2 Å². The molecule has 0 aliphatic carbocycles. The molecular weight excluding hydrogens is 406 g/mol. The number of aryl methyl sites for hydroxylation is 1. The van der Waals surface area contributed by atoms with Crippen LogP contribution in [0.25, 0.3) is 0 Å². The molecule has 0 radical (unpaired) electrons. The van der Waals surface area contributed by atoms with E-state index in [1.54, 1.807) is 50.2 Å². The molecule has 8 heteroatoms. The van der Waals surface area contributed by atoms with Gasteiger partial charge >= 0.3 is 5.97 Å². The Morgan fingerprint density at radius 3 is 2.27 bits per heavy atom. The Morgan fingerprint density at radius 2 is 1.70 bits per heavy atom. The Labute approximate surface area is 177 Å². The first-order valence-electron chi connectivity index (χ1n) is 9.72. The molecule has 0 bridgehead atoms. The van der Waals surface area contributed by atoms with Crippen molar-refractivity contribution in [3.8, 4) is 11.5 Å². The van der Waals surface area contributed by atoms with Crippen molar-refractivity contribution in [1.29, 1.82) is 0 Å². The van der Waals surface area contributed by atoms with Crippen molar-refractivity contribution < 1.29 is 27.4 Å². The van der Waals surface area contributed by atoms with Crippen LogP contribution < -0.4 is 9.47 Å². The third-order valence-corrected chi connectivity index (χ3v) is 7.49. The zero-order chi connectivity index (χ0) is 22.1. The minimum atomic E-state index is -3.97. The molecule has 0 aromatic heterocycles. The van der Waals surface area contributed by atoms with Crippen LogP contribution in [0.1, 0.15) is 30.5 Å². The number of nitrogens with zero attached hydrogens (tertiary/aromatic N) is 1. The van der Waals surface area contributed by atoms with Crippen LogP contribution in [0.15, 0.2) is 41.3 Å². The fraction of sp³-hybridized carbons (Fsp3) is 0.409. The number of benzene rings is 2. The van der Waals surface area contributed by atoms with Crippen LogP contribution >= 0.6 is 0 Å². The summed E-state index contributed by atoms with van der Waals surface area (Å²) in [6.45, 7) is 5.43. The van der Waals surface area contributed by atoms with E-state index < -0.39 is 21.5 Å². The minimum Gasteiger partial charge on any atom is -0.493 e. The Hall–Kier alpha value is -2.58. The lowest BCUT2D eigenvalue weighted by atomic mass is 9.83. The molecule has 0 fully saturated rings. The zero-order valence-corrected chi connectivity index (χ0v) is 18.7. The average Bonchev–Trinajstić information content (AvgIpc) is 2.73. The third-order valence-electron chi connectivity index (χ3n) is 5.50. The lowest BCUT2D eigenvalue weighted by Gasteiger charge is -2.43. The largest absolute Gasteiger partial charge is 0.493 e. The number of fused-ring (bicyclic) bond motifs is 1. The van der Waals surface area contributed by atoms with Gasteiger partial charge in [-0.15, -0.1) is 0 Å². The molecule has 0 N–H and O–H groups in total. The second kappa shape index (κ2) is 8.28. The topological polar surface area (TPSA) is 82.1 Å². The molecule has 1 atom stereocenters. The van der Waals surface area contributed by atoms with Crippen molar-refractivity contribution in [3.63, 3.8) is 0 Å². The molecule has 0 saturated carbocycles. The summed E-state index contributed by atoms with van der Waals surface area (Å²) in [7, 11) is -0.938. The van der Waals surface area contributed by atoms with Gasteiger partial charge in [0.25, 0.3) is 0 Å². The molecule has 1 aliphatic rings. The van der Waals surface area contributed by atoms with Crippen LogP contribution in [0.5, 0.6) is 11.5 Å². The maximum atomic E-state index is 13.6. The molecule has 0 spiro atoms. The van der Waals surface area contributed by atoms with E-state index in [4.69, 9.17) is 14.2 Å². The first-order valence-corrected chi connectivity index (χ1v) is 11.2. The number of carbonyl (C=O) groups is 1. The molecule has 0 amide bonds. The lowest BCUT2D eigenvalue weighted by molar-refractivity contribution is -0.155. The zero-order valence-electron chi connectivity index (χ0n) is 17.9. The highest BCUT2D eigenvalue weighted by atomic mass is 32.2. The number of carbonyl (C=O) groups excluding carboxylic acids is 1. The Bertz CT molecular complexity index is 1050. The Kier molecular flexibility index (Phi) is 6.10. The monoisotopic (exact) mass is 433 g/mol. The normalized spacial score (nSPS) is 19.1. The van der Waals surface area contributed by atoms with Crippen LogP contribution in [-0.2, 0) is 31.5 Å². The SMILES string of the molecule is CCOC(=O)C1(C)c2cc(OC)c(OC)cc2CCN1S(=O)(=O)c1ccc(C)cc1. The van der Waals surface area contributed by atoms with Gasteiger partial charge in [-0.2, -0.15) is 4.31 Å². The number of hydrogen-bond donors (Lipinski definition) is 0. The van der Waals surface area contributed by atoms with Crippen molar-refractivity contribution in [2.24, 2.45) is 0 Å². The van der Waals surface area contributed by atoms with E-state index in [0.29, 0.717) is 23.5 Å². The number of ether oxygens (including phenoxy) is 3. The summed E-state index contributed by atoms with van der Waals surface area (Å²) in [6.07, 6.45) is 0.426. The van der Waals surface area contributed by atoms with E-state index in [1.807, 2.05) is 6.92 Å². The Morgan fingerprint density at radius 1 is 1.10 bits per heavy atom. The first-order chi connectivity index (χ1) is 14.2. The predicted octanol–water partition coefficient (Wildman–Crippen LogP) is 3.04. The number of sulfonamides is 1. The quantitative estimate of drug-likeness (QED) is 0.652. The molecule has 2 aromatic rings. The second-order valence-corrected chi connectivity index (χ2v) is 9.16. The number of hydrogen-bond acceptors (Lipinski definition) is 6. The van der Waals surface area contributed by atoms with Gasteiger partial charge < -0.3 is 14.2 Å². The molecule has 7 nitrogen and oxygen atoms in total. The molecule has 1 unspecified atom stereocenters. The number of rotatable bonds is 6. The molecule has 162 valence electrons. The van der Waals surface area contributed by atoms with Crippen LogP contribution in [-0.4, -0.2) is 46.1 Å². The average molecular weight is 434 g/mol. The van der Waals surface area contributed by atoms with E-state index in [1.165, 1.54) is 18.5 Å². The summed E-state index contributed by atoms with van der Waals surface area (Å²) < 4.78 is 44.5. The van der Waals surface area contributed by atoms with Crippen molar-refractivity contribution in [1.82, 2.24) is 4.31 Å². The van der Waals surface area contributed by atoms with E-state index in [9.17, 15) is 13.2 Å². The maximum Gasteiger partial charge on any atom is 0.331 e. The predicted molar refractivity (Wildman–Crippen MR) is 112 cm³/mol. The standard InChI is InChI=1S/C22H27NO6S/c1-6-29-21(24)22(3)18-14-20(28-5)19(27-4)13-16(18)11-12-23(22)30(25,26)17-9-7-15(2)8-10-17/h7-10,13-14H,6,11-12H2,1-5H3. The number of methoxy groups -OCH3 is 2. The summed E-state index contributed by atoms with van der Waals surface area (Å²) in [4.78, 5) is 13.3. The molecule has 2 aromatic carbocycles.